The van der Waals surface area contributed by atoms with E-state index < -0.39 is 0 Å². The number of fused-ring (bicyclic) bond motifs is 2. The van der Waals surface area contributed by atoms with E-state index in [1.165, 1.54) is 4.70 Å². The van der Waals surface area contributed by atoms with Crippen LogP contribution in [-0.4, -0.2) is 50.7 Å². The van der Waals surface area contributed by atoms with E-state index in [9.17, 15) is 0 Å². The number of rotatable bonds is 2. The molecule has 1 aliphatic heterocycles. The number of aromatic nitrogens is 5. The minimum absolute atomic E-state index is 0.664. The second-order valence-electron chi connectivity index (χ2n) is 6.56. The molecule has 7 nitrogen and oxygen atoms in total. The van der Waals surface area contributed by atoms with Gasteiger partial charge in [-0.1, -0.05) is 23.5 Å². The maximum atomic E-state index is 4.80. The van der Waals surface area contributed by atoms with Crippen LogP contribution in [0, 0.1) is 13.8 Å². The molecule has 0 radical (unpaired) electrons. The Hall–Kier alpha value is -2.74. The number of nitrogens with zero attached hydrogens (tertiary/aromatic N) is 7. The molecule has 1 aromatic carbocycles. The van der Waals surface area contributed by atoms with Crippen molar-refractivity contribution >= 4 is 38.3 Å². The maximum absolute atomic E-state index is 4.80. The van der Waals surface area contributed by atoms with Crippen molar-refractivity contribution in [3.8, 4) is 0 Å². The Balaban J connectivity index is 1.42. The Morgan fingerprint density at radius 3 is 2.54 bits per heavy atom. The van der Waals surface area contributed by atoms with E-state index in [-0.39, 0.29) is 0 Å². The van der Waals surface area contributed by atoms with Gasteiger partial charge in [0.1, 0.15) is 12.1 Å². The number of aryl methyl sites for hydroxylation is 1. The van der Waals surface area contributed by atoms with Gasteiger partial charge in [-0.15, -0.1) is 0 Å². The average molecular weight is 365 g/mol. The second-order valence-corrected chi connectivity index (χ2v) is 7.57. The van der Waals surface area contributed by atoms with Crippen molar-refractivity contribution in [2.24, 2.45) is 0 Å². The van der Waals surface area contributed by atoms with Crippen LogP contribution in [-0.2, 0) is 0 Å². The van der Waals surface area contributed by atoms with Crippen molar-refractivity contribution in [3.05, 3.63) is 41.9 Å². The smallest absolute Gasteiger partial charge is 0.254 e. The highest BCUT2D eigenvalue weighted by Crippen LogP contribution is 2.30. The van der Waals surface area contributed by atoms with Gasteiger partial charge in [0.25, 0.3) is 5.78 Å². The minimum atomic E-state index is 0.664. The van der Waals surface area contributed by atoms with Crippen LogP contribution in [0.2, 0.25) is 0 Å². The zero-order chi connectivity index (χ0) is 17.7. The van der Waals surface area contributed by atoms with Crippen LogP contribution in [0.25, 0.3) is 16.0 Å². The van der Waals surface area contributed by atoms with E-state index in [1.54, 1.807) is 17.7 Å². The van der Waals surface area contributed by atoms with E-state index in [0.717, 1.165) is 53.9 Å². The van der Waals surface area contributed by atoms with Gasteiger partial charge in [-0.2, -0.15) is 14.6 Å². The zero-order valence-electron chi connectivity index (χ0n) is 14.8. The van der Waals surface area contributed by atoms with E-state index >= 15 is 0 Å². The molecule has 0 saturated carbocycles. The highest BCUT2D eigenvalue weighted by atomic mass is 32.1. The quantitative estimate of drug-likeness (QED) is 0.544. The van der Waals surface area contributed by atoms with Gasteiger partial charge in [-0.25, -0.2) is 9.97 Å². The predicted molar refractivity (Wildman–Crippen MR) is 104 cm³/mol. The SMILES string of the molecule is Cc1nc2ncnn2c(N2CCN(c3nc4ccccc4s3)CC2)c1C. The van der Waals surface area contributed by atoms with Crippen LogP contribution in [0.1, 0.15) is 11.3 Å². The molecule has 1 aliphatic rings. The maximum Gasteiger partial charge on any atom is 0.254 e. The molecular weight excluding hydrogens is 346 g/mol. The number of para-hydroxylation sites is 1. The summed E-state index contributed by atoms with van der Waals surface area (Å²) >= 11 is 1.77. The summed E-state index contributed by atoms with van der Waals surface area (Å²) in [4.78, 5) is 18.3. The van der Waals surface area contributed by atoms with Crippen LogP contribution in [0.4, 0.5) is 10.9 Å². The fourth-order valence-corrected chi connectivity index (χ4v) is 4.51. The molecule has 0 bridgehead atoms. The first-order chi connectivity index (χ1) is 12.7. The zero-order valence-corrected chi connectivity index (χ0v) is 15.6. The highest BCUT2D eigenvalue weighted by Gasteiger charge is 2.24. The summed E-state index contributed by atoms with van der Waals surface area (Å²) in [6.07, 6.45) is 1.57. The second kappa shape index (κ2) is 5.91. The standard InChI is InChI=1S/C18H19N7S/c1-12-13(2)21-17-19-11-20-25(17)16(12)23-7-9-24(10-8-23)18-22-14-5-3-4-6-15(14)26-18/h3-6,11H,7-10H2,1-2H3. The summed E-state index contributed by atoms with van der Waals surface area (Å²) in [5.74, 6) is 1.77. The summed E-state index contributed by atoms with van der Waals surface area (Å²) in [5, 5.41) is 5.49. The Morgan fingerprint density at radius 1 is 0.962 bits per heavy atom. The van der Waals surface area contributed by atoms with Crippen molar-refractivity contribution in [1.82, 2.24) is 24.6 Å². The number of piperazine rings is 1. The van der Waals surface area contributed by atoms with E-state index in [1.807, 2.05) is 17.5 Å². The topological polar surface area (TPSA) is 62.5 Å². The minimum Gasteiger partial charge on any atom is -0.353 e. The van der Waals surface area contributed by atoms with Crippen molar-refractivity contribution in [2.75, 3.05) is 36.0 Å². The van der Waals surface area contributed by atoms with E-state index in [4.69, 9.17) is 4.98 Å². The number of anilines is 2. The van der Waals surface area contributed by atoms with Crippen LogP contribution >= 0.6 is 11.3 Å². The van der Waals surface area contributed by atoms with Gasteiger partial charge in [-0.05, 0) is 26.0 Å². The number of benzene rings is 1. The van der Waals surface area contributed by atoms with Gasteiger partial charge in [0.15, 0.2) is 5.13 Å². The summed E-state index contributed by atoms with van der Waals surface area (Å²) in [6, 6.07) is 8.33. The molecule has 132 valence electrons. The van der Waals surface area contributed by atoms with Gasteiger partial charge in [0, 0.05) is 37.4 Å². The summed E-state index contributed by atoms with van der Waals surface area (Å²) in [7, 11) is 0. The highest BCUT2D eigenvalue weighted by molar-refractivity contribution is 7.22. The van der Waals surface area contributed by atoms with Gasteiger partial charge in [0.2, 0.25) is 0 Å². The Kier molecular flexibility index (Phi) is 3.53. The molecule has 4 heterocycles. The summed E-state index contributed by atoms with van der Waals surface area (Å²) in [5.41, 5.74) is 3.25. The molecule has 0 atom stereocenters. The van der Waals surface area contributed by atoms with Crippen LogP contribution in [0.3, 0.4) is 0 Å². The number of hydrogen-bond acceptors (Lipinski definition) is 7. The molecule has 1 saturated heterocycles. The third-order valence-electron chi connectivity index (χ3n) is 5.01. The van der Waals surface area contributed by atoms with Gasteiger partial charge in [-0.3, -0.25) is 0 Å². The molecule has 5 rings (SSSR count). The molecule has 3 aromatic heterocycles. The first-order valence-electron chi connectivity index (χ1n) is 8.73. The van der Waals surface area contributed by atoms with Crippen LogP contribution < -0.4 is 9.80 Å². The first kappa shape index (κ1) is 15.5. The third-order valence-corrected chi connectivity index (χ3v) is 6.11. The Morgan fingerprint density at radius 2 is 1.73 bits per heavy atom. The lowest BCUT2D eigenvalue weighted by Crippen LogP contribution is -2.47. The largest absolute Gasteiger partial charge is 0.353 e. The lowest BCUT2D eigenvalue weighted by molar-refractivity contribution is 0.635. The van der Waals surface area contributed by atoms with Crippen molar-refractivity contribution in [1.29, 1.82) is 0 Å². The molecule has 0 N–H and O–H groups in total. The molecule has 0 aliphatic carbocycles. The molecular formula is C18H19N7S. The van der Waals surface area contributed by atoms with E-state index in [2.05, 4.69) is 50.0 Å². The number of hydrogen-bond donors (Lipinski definition) is 0. The Bertz CT molecular complexity index is 1060. The van der Waals surface area contributed by atoms with Gasteiger partial charge in [0.05, 0.1) is 10.2 Å². The van der Waals surface area contributed by atoms with Gasteiger partial charge >= 0.3 is 0 Å². The molecule has 26 heavy (non-hydrogen) atoms. The molecule has 0 amide bonds. The van der Waals surface area contributed by atoms with E-state index in [0.29, 0.717) is 5.78 Å². The normalized spacial score (nSPS) is 15.3. The monoisotopic (exact) mass is 365 g/mol. The summed E-state index contributed by atoms with van der Waals surface area (Å²) in [6.45, 7) is 7.88. The molecule has 8 heteroatoms. The lowest BCUT2D eigenvalue weighted by Gasteiger charge is -2.36. The molecule has 4 aromatic rings. The third kappa shape index (κ3) is 2.40. The molecule has 0 spiro atoms. The van der Waals surface area contributed by atoms with Crippen molar-refractivity contribution in [3.63, 3.8) is 0 Å². The van der Waals surface area contributed by atoms with Crippen molar-refractivity contribution in [2.45, 2.75) is 13.8 Å². The molecule has 1 fully saturated rings. The Labute approximate surface area is 154 Å². The van der Waals surface area contributed by atoms with Crippen molar-refractivity contribution < 1.29 is 0 Å². The lowest BCUT2D eigenvalue weighted by atomic mass is 10.2. The molecule has 0 unspecified atom stereocenters. The fourth-order valence-electron chi connectivity index (χ4n) is 3.49. The van der Waals surface area contributed by atoms with Crippen LogP contribution in [0.5, 0.6) is 0 Å². The van der Waals surface area contributed by atoms with Crippen LogP contribution in [0.15, 0.2) is 30.6 Å². The number of thiazole rings is 1. The first-order valence-corrected chi connectivity index (χ1v) is 9.55. The van der Waals surface area contributed by atoms with Gasteiger partial charge < -0.3 is 9.80 Å². The average Bonchev–Trinajstić information content (AvgIpc) is 3.29. The predicted octanol–water partition coefficient (Wildman–Crippen LogP) is 2.68. The fraction of sp³-hybridized carbons (Fsp3) is 0.333. The summed E-state index contributed by atoms with van der Waals surface area (Å²) < 4.78 is 3.10.